The van der Waals surface area contributed by atoms with E-state index >= 15 is 0 Å². The van der Waals surface area contributed by atoms with E-state index < -0.39 is 18.1 Å². The van der Waals surface area contributed by atoms with Crippen molar-refractivity contribution in [3.8, 4) is 34.8 Å². The quantitative estimate of drug-likeness (QED) is 0.283. The van der Waals surface area contributed by atoms with Gasteiger partial charge in [0.05, 0.1) is 25.3 Å². The number of hydrogen-bond acceptors (Lipinski definition) is 10. The van der Waals surface area contributed by atoms with Gasteiger partial charge in [0.2, 0.25) is 12.7 Å². The summed E-state index contributed by atoms with van der Waals surface area (Å²) in [5, 5.41) is 25.7. The summed E-state index contributed by atoms with van der Waals surface area (Å²) >= 11 is 0. The molecule has 1 saturated heterocycles. The molecule has 0 spiro atoms. The lowest BCUT2D eigenvalue weighted by atomic mass is 9.71. The van der Waals surface area contributed by atoms with Gasteiger partial charge < -0.3 is 29.4 Å². The van der Waals surface area contributed by atoms with Crippen LogP contribution in [0.3, 0.4) is 0 Å². The van der Waals surface area contributed by atoms with E-state index in [1.807, 2.05) is 51.2 Å². The Labute approximate surface area is 279 Å². The maximum absolute atomic E-state index is 13.4. The summed E-state index contributed by atoms with van der Waals surface area (Å²) in [4.78, 5) is 30.2. The number of aromatic hydroxyl groups is 1. The summed E-state index contributed by atoms with van der Waals surface area (Å²) in [6, 6.07) is 12.6. The number of nitrogens with one attached hydrogen (secondary N) is 1. The van der Waals surface area contributed by atoms with Gasteiger partial charge in [0, 0.05) is 54.2 Å². The maximum Gasteiger partial charge on any atom is 0.308 e. The first kappa shape index (κ1) is 31.8. The summed E-state index contributed by atoms with van der Waals surface area (Å²) in [6.45, 7) is 5.31. The lowest BCUT2D eigenvalue weighted by molar-refractivity contribution is -0.132. The third-order valence-electron chi connectivity index (χ3n) is 10.5. The number of phenols is 1. The number of amides is 1. The van der Waals surface area contributed by atoms with Crippen molar-refractivity contribution in [3.05, 3.63) is 75.3 Å². The summed E-state index contributed by atoms with van der Waals surface area (Å²) in [6.07, 6.45) is 1.83. The number of carbonyl (C=O) groups is 2. The monoisotopic (exact) mass is 652 g/mol. The van der Waals surface area contributed by atoms with Crippen LogP contribution in [0.5, 0.6) is 28.7 Å². The first-order chi connectivity index (χ1) is 23.1. The Bertz CT molecular complexity index is 1840. The van der Waals surface area contributed by atoms with Crippen LogP contribution in [0.2, 0.25) is 0 Å². The molecular formula is C37H40N4O7. The second-order valence-electron chi connectivity index (χ2n) is 13.1. The fraction of sp³-hybridized carbons (Fsp3) is 0.432. The van der Waals surface area contributed by atoms with Crippen molar-refractivity contribution in [1.82, 2.24) is 15.1 Å². The third-order valence-corrected chi connectivity index (χ3v) is 10.5. The number of nitrogens with zero attached hydrogens (tertiary/aromatic N) is 3. The molecule has 3 aromatic rings. The summed E-state index contributed by atoms with van der Waals surface area (Å²) in [5.41, 5.74) is 5.82. The molecule has 0 aliphatic carbocycles. The van der Waals surface area contributed by atoms with Crippen LogP contribution in [0.15, 0.2) is 36.4 Å². The van der Waals surface area contributed by atoms with Crippen LogP contribution in [-0.4, -0.2) is 72.4 Å². The first-order valence-corrected chi connectivity index (χ1v) is 16.4. The van der Waals surface area contributed by atoms with Gasteiger partial charge in [0.1, 0.15) is 11.8 Å². The molecule has 7 rings (SSSR count). The number of ether oxygens (including phenoxy) is 4. The lowest BCUT2D eigenvalue weighted by Gasteiger charge is -2.60. The van der Waals surface area contributed by atoms with E-state index in [-0.39, 0.29) is 43.1 Å². The molecule has 2 bridgehead atoms. The zero-order valence-corrected chi connectivity index (χ0v) is 27.8. The van der Waals surface area contributed by atoms with Gasteiger partial charge in [0.15, 0.2) is 23.0 Å². The average Bonchev–Trinajstić information content (AvgIpc) is 3.56. The van der Waals surface area contributed by atoms with Gasteiger partial charge in [0.25, 0.3) is 0 Å². The predicted octanol–water partition coefficient (Wildman–Crippen LogP) is 4.19. The minimum atomic E-state index is -0.565. The number of rotatable bonds is 7. The van der Waals surface area contributed by atoms with Crippen molar-refractivity contribution in [3.63, 3.8) is 0 Å². The molecule has 4 aliphatic rings. The second kappa shape index (κ2) is 12.3. The van der Waals surface area contributed by atoms with Crippen molar-refractivity contribution >= 4 is 11.9 Å². The molecule has 5 atom stereocenters. The number of phenolic OH excluding ortho intramolecular Hbond substituents is 1. The molecule has 11 heteroatoms. The molecule has 11 nitrogen and oxygen atoms in total. The van der Waals surface area contributed by atoms with Crippen molar-refractivity contribution in [2.75, 3.05) is 27.5 Å². The Morgan fingerprint density at radius 2 is 1.83 bits per heavy atom. The van der Waals surface area contributed by atoms with Crippen LogP contribution >= 0.6 is 0 Å². The zero-order valence-electron chi connectivity index (χ0n) is 27.8. The molecule has 0 aromatic heterocycles. The number of methoxy groups -OCH3 is 1. The molecule has 250 valence electrons. The standard InChI is InChI=1S/C37H40N4O7/c1-19-13-23-14-25-27(16-38)41-26(32(40(25)4)30(23)33(44)34(19)45-5)15-24-31(37-36(46-18-47-37)20(2)35(24)48-21(3)42)28(41)17-39-29(43)12-11-22-9-7-6-8-10-22/h6-10,13,25-28,32,44H,11-12,14-15,17-18H2,1-5H3,(H,39,43)/t25-,26?,27+,28+,32-/m1/s1. The number of piperazine rings is 1. The molecule has 1 amide bonds. The van der Waals surface area contributed by atoms with Gasteiger partial charge in [-0.25, -0.2) is 0 Å². The molecule has 0 saturated carbocycles. The van der Waals surface area contributed by atoms with Crippen molar-refractivity contribution < 1.29 is 33.6 Å². The fourth-order valence-corrected chi connectivity index (χ4v) is 8.51. The van der Waals surface area contributed by atoms with Crippen molar-refractivity contribution in [2.24, 2.45) is 0 Å². The normalized spacial score (nSPS) is 23.7. The van der Waals surface area contributed by atoms with Crippen LogP contribution in [0.25, 0.3) is 0 Å². The van der Waals surface area contributed by atoms with Crippen LogP contribution < -0.4 is 24.3 Å². The highest BCUT2D eigenvalue weighted by Crippen LogP contribution is 2.58. The SMILES string of the molecule is COc1c(C)cc2c(c1O)[C@H]1C3Cc4c(OC(C)=O)c(C)c5c(c4[C@H](CNC(=O)CCc4ccccc4)N3[C@@H](C#N)[C@@H](C2)N1C)OCO5. The fourth-order valence-electron chi connectivity index (χ4n) is 8.51. The predicted molar refractivity (Wildman–Crippen MR) is 175 cm³/mol. The molecule has 2 N–H and O–H groups in total. The Morgan fingerprint density at radius 3 is 2.54 bits per heavy atom. The number of benzene rings is 3. The van der Waals surface area contributed by atoms with E-state index in [9.17, 15) is 20.0 Å². The number of esters is 1. The number of carbonyl (C=O) groups excluding carboxylic acids is 2. The van der Waals surface area contributed by atoms with Gasteiger partial charge in [-0.05, 0) is 56.8 Å². The molecule has 0 radical (unpaired) electrons. The topological polar surface area (TPSA) is 134 Å². The smallest absolute Gasteiger partial charge is 0.308 e. The van der Waals surface area contributed by atoms with E-state index in [2.05, 4.69) is 27.3 Å². The van der Waals surface area contributed by atoms with Gasteiger partial charge >= 0.3 is 5.97 Å². The summed E-state index contributed by atoms with van der Waals surface area (Å²) in [7, 11) is 3.55. The Hall–Kier alpha value is -4.79. The zero-order chi connectivity index (χ0) is 33.9. The number of fused-ring (bicyclic) bond motifs is 9. The minimum Gasteiger partial charge on any atom is -0.504 e. The highest BCUT2D eigenvalue weighted by molar-refractivity contribution is 5.77. The number of aryl methyl sites for hydroxylation is 2. The molecule has 4 heterocycles. The number of hydrogen-bond donors (Lipinski definition) is 2. The molecular weight excluding hydrogens is 612 g/mol. The van der Waals surface area contributed by atoms with Gasteiger partial charge in [-0.3, -0.25) is 19.4 Å². The van der Waals surface area contributed by atoms with Crippen LogP contribution in [0.4, 0.5) is 0 Å². The number of nitriles is 1. The lowest BCUT2D eigenvalue weighted by Crippen LogP contribution is -2.68. The Kier molecular flexibility index (Phi) is 8.17. The van der Waals surface area contributed by atoms with Gasteiger partial charge in [-0.1, -0.05) is 36.4 Å². The van der Waals surface area contributed by atoms with Gasteiger partial charge in [-0.2, -0.15) is 5.26 Å². The van der Waals surface area contributed by atoms with Crippen LogP contribution in [0.1, 0.15) is 64.4 Å². The molecule has 1 fully saturated rings. The minimum absolute atomic E-state index is 0.00177. The summed E-state index contributed by atoms with van der Waals surface area (Å²) < 4.78 is 23.6. The highest BCUT2D eigenvalue weighted by Gasteiger charge is 2.56. The molecule has 1 unspecified atom stereocenters. The van der Waals surface area contributed by atoms with Crippen LogP contribution in [0, 0.1) is 25.2 Å². The first-order valence-electron chi connectivity index (χ1n) is 16.4. The van der Waals surface area contributed by atoms with E-state index in [0.29, 0.717) is 54.2 Å². The van der Waals surface area contributed by atoms with E-state index in [1.54, 1.807) is 7.11 Å². The summed E-state index contributed by atoms with van der Waals surface area (Å²) in [5.74, 6) is 1.38. The molecule has 3 aromatic carbocycles. The third kappa shape index (κ3) is 5.02. The highest BCUT2D eigenvalue weighted by atomic mass is 16.7. The molecule has 48 heavy (non-hydrogen) atoms. The van der Waals surface area contributed by atoms with Crippen LogP contribution in [-0.2, 0) is 28.9 Å². The van der Waals surface area contributed by atoms with E-state index in [0.717, 1.165) is 33.4 Å². The van der Waals surface area contributed by atoms with Gasteiger partial charge in [-0.15, -0.1) is 0 Å². The van der Waals surface area contributed by atoms with Crippen molar-refractivity contribution in [2.45, 2.75) is 76.7 Å². The maximum atomic E-state index is 13.4. The van der Waals surface area contributed by atoms with Crippen molar-refractivity contribution in [1.29, 1.82) is 5.26 Å². The van der Waals surface area contributed by atoms with E-state index in [1.165, 1.54) is 6.92 Å². The molecule has 4 aliphatic heterocycles. The number of likely N-dealkylation sites (N-methyl/N-ethyl adjacent to an activating group) is 1. The Balaban J connectivity index is 1.37. The largest absolute Gasteiger partial charge is 0.504 e. The average molecular weight is 653 g/mol. The second-order valence-corrected chi connectivity index (χ2v) is 13.1. The Morgan fingerprint density at radius 1 is 1.08 bits per heavy atom. The van der Waals surface area contributed by atoms with E-state index in [4.69, 9.17) is 18.9 Å².